The highest BCUT2D eigenvalue weighted by atomic mass is 16.7. The van der Waals surface area contributed by atoms with Crippen molar-refractivity contribution in [3.8, 4) is 5.75 Å². The predicted octanol–water partition coefficient (Wildman–Crippen LogP) is 6.04. The van der Waals surface area contributed by atoms with Gasteiger partial charge in [-0.05, 0) is 54.5 Å². The fraction of sp³-hybridized carbons (Fsp3) is 0.345. The van der Waals surface area contributed by atoms with Crippen LogP contribution in [0, 0.1) is 0 Å². The quantitative estimate of drug-likeness (QED) is 0.234. The van der Waals surface area contributed by atoms with Gasteiger partial charge in [0.15, 0.2) is 6.61 Å². The number of hydrogen-bond donors (Lipinski definition) is 1. The minimum absolute atomic E-state index is 0.0796. The topological polar surface area (TPSA) is 56.8 Å². The van der Waals surface area contributed by atoms with Crippen LogP contribution in [0.3, 0.4) is 0 Å². The molecule has 5 heteroatoms. The lowest BCUT2D eigenvalue weighted by molar-refractivity contribution is -0.142. The third kappa shape index (κ3) is 8.32. The summed E-state index contributed by atoms with van der Waals surface area (Å²) >= 11 is 0. The van der Waals surface area contributed by atoms with Crippen molar-refractivity contribution >= 4 is 5.97 Å². The summed E-state index contributed by atoms with van der Waals surface area (Å²) in [5.41, 5.74) is 6.81. The number of benzene rings is 3. The first-order valence-corrected chi connectivity index (χ1v) is 12.0. The van der Waals surface area contributed by atoms with Gasteiger partial charge in [0, 0.05) is 6.04 Å². The second kappa shape index (κ2) is 14.2. The molecule has 0 aliphatic rings. The lowest BCUT2D eigenvalue weighted by Gasteiger charge is -2.24. The van der Waals surface area contributed by atoms with Gasteiger partial charge in [0.05, 0.1) is 7.11 Å². The summed E-state index contributed by atoms with van der Waals surface area (Å²) in [7, 11) is 1.36. The zero-order valence-electron chi connectivity index (χ0n) is 20.1. The van der Waals surface area contributed by atoms with Crippen molar-refractivity contribution in [2.45, 2.75) is 51.2 Å². The van der Waals surface area contributed by atoms with E-state index in [-0.39, 0.29) is 24.7 Å². The standard InChI is InChI=1S/C29H35NO4/c1-3-12-26(19-10-13-23-14-11-20-27(21-23)33-22-28(31)32-2)30-34-29(24-15-6-4-7-16-24)25-17-8-5-9-18-25/h4-9,11,14-18,20-21,26,29-30H,3,10,12-13,19,22H2,1-2H3. The van der Waals surface area contributed by atoms with Crippen LogP contribution >= 0.6 is 0 Å². The van der Waals surface area contributed by atoms with Gasteiger partial charge in [0.25, 0.3) is 0 Å². The molecule has 0 fully saturated rings. The van der Waals surface area contributed by atoms with Crippen LogP contribution in [0.1, 0.15) is 55.4 Å². The zero-order chi connectivity index (χ0) is 24.0. The van der Waals surface area contributed by atoms with Gasteiger partial charge in [-0.15, -0.1) is 0 Å². The second-order valence-electron chi connectivity index (χ2n) is 8.33. The van der Waals surface area contributed by atoms with E-state index in [1.807, 2.05) is 54.6 Å². The number of carbonyl (C=O) groups excluding carboxylic acids is 1. The molecule has 5 nitrogen and oxygen atoms in total. The Kier molecular flexibility index (Phi) is 10.6. The van der Waals surface area contributed by atoms with Crippen LogP contribution in [-0.2, 0) is 20.8 Å². The SMILES string of the molecule is CCCC(CCCc1cccc(OCC(=O)OC)c1)NOC(c1ccccc1)c1ccccc1. The van der Waals surface area contributed by atoms with Gasteiger partial charge in [0.1, 0.15) is 11.9 Å². The number of methoxy groups -OCH3 is 1. The van der Waals surface area contributed by atoms with Crippen molar-refractivity contribution in [2.75, 3.05) is 13.7 Å². The number of hydrogen-bond acceptors (Lipinski definition) is 5. The van der Waals surface area contributed by atoms with E-state index in [0.717, 1.165) is 43.2 Å². The highest BCUT2D eigenvalue weighted by molar-refractivity contribution is 5.70. The molecule has 1 unspecified atom stereocenters. The van der Waals surface area contributed by atoms with Crippen LogP contribution in [-0.4, -0.2) is 25.7 Å². The minimum atomic E-state index is -0.386. The molecule has 0 amide bonds. The molecular formula is C29H35NO4. The van der Waals surface area contributed by atoms with E-state index in [1.165, 1.54) is 12.7 Å². The third-order valence-corrected chi connectivity index (χ3v) is 5.70. The first kappa shape index (κ1) is 25.5. The summed E-state index contributed by atoms with van der Waals surface area (Å²) in [5, 5.41) is 0. The summed E-state index contributed by atoms with van der Waals surface area (Å²) < 4.78 is 10.1. The molecule has 0 aromatic heterocycles. The molecular weight excluding hydrogens is 426 g/mol. The average Bonchev–Trinajstić information content (AvgIpc) is 2.89. The van der Waals surface area contributed by atoms with Gasteiger partial charge in [-0.1, -0.05) is 86.1 Å². The molecule has 0 aliphatic heterocycles. The van der Waals surface area contributed by atoms with Crippen LogP contribution in [0.15, 0.2) is 84.9 Å². The van der Waals surface area contributed by atoms with E-state index in [9.17, 15) is 4.79 Å². The van der Waals surface area contributed by atoms with E-state index in [0.29, 0.717) is 5.75 Å². The van der Waals surface area contributed by atoms with Crippen LogP contribution in [0.25, 0.3) is 0 Å². The smallest absolute Gasteiger partial charge is 0.343 e. The molecule has 0 aliphatic carbocycles. The summed E-state index contributed by atoms with van der Waals surface area (Å²) in [5.74, 6) is 0.297. The van der Waals surface area contributed by atoms with Gasteiger partial charge in [0.2, 0.25) is 0 Å². The van der Waals surface area contributed by atoms with Gasteiger partial charge in [-0.3, -0.25) is 4.84 Å². The van der Waals surface area contributed by atoms with Crippen molar-refractivity contribution in [1.29, 1.82) is 0 Å². The molecule has 1 atom stereocenters. The molecule has 3 aromatic carbocycles. The highest BCUT2D eigenvalue weighted by Gasteiger charge is 2.17. The fourth-order valence-electron chi connectivity index (χ4n) is 3.90. The number of nitrogens with one attached hydrogen (secondary N) is 1. The maximum atomic E-state index is 11.3. The summed E-state index contributed by atoms with van der Waals surface area (Å²) in [6.45, 7) is 2.12. The molecule has 3 aromatic rings. The maximum absolute atomic E-state index is 11.3. The summed E-state index contributed by atoms with van der Waals surface area (Å²) in [4.78, 5) is 17.6. The van der Waals surface area contributed by atoms with Crippen molar-refractivity contribution in [3.05, 3.63) is 102 Å². The van der Waals surface area contributed by atoms with Crippen molar-refractivity contribution < 1.29 is 19.1 Å². The molecule has 0 spiro atoms. The number of ether oxygens (including phenoxy) is 2. The molecule has 0 bridgehead atoms. The number of carbonyl (C=O) groups is 1. The van der Waals surface area contributed by atoms with E-state index in [1.54, 1.807) is 0 Å². The Morgan fingerprint density at radius 2 is 1.56 bits per heavy atom. The highest BCUT2D eigenvalue weighted by Crippen LogP contribution is 2.25. The van der Waals surface area contributed by atoms with Crippen LogP contribution in [0.5, 0.6) is 5.75 Å². The van der Waals surface area contributed by atoms with Gasteiger partial charge < -0.3 is 9.47 Å². The van der Waals surface area contributed by atoms with Crippen molar-refractivity contribution in [2.24, 2.45) is 0 Å². The summed E-state index contributed by atoms with van der Waals surface area (Å²) in [6.07, 6.45) is 4.90. The number of hydroxylamine groups is 1. The molecule has 0 radical (unpaired) electrons. The molecule has 1 N–H and O–H groups in total. The number of esters is 1. The van der Waals surface area contributed by atoms with Gasteiger partial charge in [-0.25, -0.2) is 4.79 Å². The Morgan fingerprint density at radius 3 is 2.18 bits per heavy atom. The molecule has 180 valence electrons. The van der Waals surface area contributed by atoms with Crippen LogP contribution in [0.2, 0.25) is 0 Å². The first-order chi connectivity index (χ1) is 16.7. The molecule has 0 heterocycles. The van der Waals surface area contributed by atoms with Gasteiger partial charge >= 0.3 is 5.97 Å². The number of aryl methyl sites for hydroxylation is 1. The molecule has 34 heavy (non-hydrogen) atoms. The Bertz CT molecular complexity index is 938. The minimum Gasteiger partial charge on any atom is -0.482 e. The molecule has 0 saturated heterocycles. The largest absolute Gasteiger partial charge is 0.482 e. The van der Waals surface area contributed by atoms with Crippen molar-refractivity contribution in [3.63, 3.8) is 0 Å². The monoisotopic (exact) mass is 461 g/mol. The Labute approximate surface area is 203 Å². The van der Waals surface area contributed by atoms with Crippen LogP contribution in [0.4, 0.5) is 0 Å². The average molecular weight is 462 g/mol. The van der Waals surface area contributed by atoms with E-state index < -0.39 is 0 Å². The molecule has 0 saturated carbocycles. The zero-order valence-corrected chi connectivity index (χ0v) is 20.1. The van der Waals surface area contributed by atoms with Crippen LogP contribution < -0.4 is 10.2 Å². The maximum Gasteiger partial charge on any atom is 0.343 e. The van der Waals surface area contributed by atoms with Gasteiger partial charge in [-0.2, -0.15) is 5.48 Å². The first-order valence-electron chi connectivity index (χ1n) is 12.0. The summed E-state index contributed by atoms with van der Waals surface area (Å²) in [6, 6.07) is 28.8. The Morgan fingerprint density at radius 1 is 0.882 bits per heavy atom. The predicted molar refractivity (Wildman–Crippen MR) is 135 cm³/mol. The van der Waals surface area contributed by atoms with E-state index in [2.05, 4.69) is 47.5 Å². The normalized spacial score (nSPS) is 11.9. The fourth-order valence-corrected chi connectivity index (χ4v) is 3.90. The lowest BCUT2D eigenvalue weighted by atomic mass is 10.0. The second-order valence-corrected chi connectivity index (χ2v) is 8.33. The third-order valence-electron chi connectivity index (χ3n) is 5.70. The lowest BCUT2D eigenvalue weighted by Crippen LogP contribution is -2.31. The number of rotatable bonds is 14. The Hall–Kier alpha value is -3.15. The van der Waals surface area contributed by atoms with E-state index in [4.69, 9.17) is 9.57 Å². The molecule has 3 rings (SSSR count). The van der Waals surface area contributed by atoms with Crippen molar-refractivity contribution in [1.82, 2.24) is 5.48 Å². The van der Waals surface area contributed by atoms with E-state index >= 15 is 0 Å². The Balaban J connectivity index is 1.55.